The molecular formula is C32H42. The summed E-state index contributed by atoms with van der Waals surface area (Å²) in [6.45, 7) is 7.39. The Kier molecular flexibility index (Phi) is 5.27. The molecule has 0 nitrogen and oxygen atoms in total. The molecule has 170 valence electrons. The summed E-state index contributed by atoms with van der Waals surface area (Å²) in [6, 6.07) is 18.7. The Bertz CT molecular complexity index is 972. The van der Waals surface area contributed by atoms with Gasteiger partial charge in [-0.25, -0.2) is 0 Å². The molecule has 0 saturated heterocycles. The second kappa shape index (κ2) is 8.03. The first-order valence-electron chi connectivity index (χ1n) is 13.8. The van der Waals surface area contributed by atoms with Gasteiger partial charge in [0, 0.05) is 0 Å². The molecule has 4 aliphatic rings. The maximum absolute atomic E-state index is 2.69. The van der Waals surface area contributed by atoms with Crippen LogP contribution in [0, 0.1) is 41.9 Å². The lowest BCUT2D eigenvalue weighted by molar-refractivity contribution is -0.0888. The first-order chi connectivity index (χ1) is 15.6. The Morgan fingerprint density at radius 2 is 1.44 bits per heavy atom. The Labute approximate surface area is 196 Å². The van der Waals surface area contributed by atoms with E-state index >= 15 is 0 Å². The molecule has 0 aliphatic heterocycles. The van der Waals surface area contributed by atoms with Gasteiger partial charge in [0.1, 0.15) is 0 Å². The first-order valence-corrected chi connectivity index (χ1v) is 13.8. The minimum Gasteiger partial charge on any atom is -0.0620 e. The van der Waals surface area contributed by atoms with Crippen molar-refractivity contribution in [2.24, 2.45) is 35.0 Å². The van der Waals surface area contributed by atoms with Crippen molar-refractivity contribution in [2.75, 3.05) is 0 Å². The zero-order valence-corrected chi connectivity index (χ0v) is 20.5. The van der Waals surface area contributed by atoms with Gasteiger partial charge in [-0.1, -0.05) is 75.2 Å². The van der Waals surface area contributed by atoms with Crippen LogP contribution < -0.4 is 0 Å². The van der Waals surface area contributed by atoms with Gasteiger partial charge in [-0.15, -0.1) is 0 Å². The molecular weight excluding hydrogens is 384 g/mol. The molecule has 4 unspecified atom stereocenters. The first kappa shape index (κ1) is 21.0. The maximum atomic E-state index is 2.69. The molecule has 4 aliphatic carbocycles. The van der Waals surface area contributed by atoms with E-state index < -0.39 is 0 Å². The molecule has 0 N–H and O–H groups in total. The number of hydrogen-bond donors (Lipinski definition) is 0. The smallest absolute Gasteiger partial charge is 0.0154 e. The lowest BCUT2D eigenvalue weighted by Crippen LogP contribution is -2.52. The summed E-state index contributed by atoms with van der Waals surface area (Å²) in [5.41, 5.74) is 7.14. The van der Waals surface area contributed by atoms with E-state index in [4.69, 9.17) is 0 Å². The molecule has 2 aromatic rings. The fourth-order valence-corrected chi connectivity index (χ4v) is 10.1. The van der Waals surface area contributed by atoms with Crippen molar-refractivity contribution in [1.29, 1.82) is 0 Å². The van der Waals surface area contributed by atoms with Crippen molar-refractivity contribution in [3.63, 3.8) is 0 Å². The van der Waals surface area contributed by atoms with E-state index in [-0.39, 0.29) is 0 Å². The Hall–Kier alpha value is -1.56. The van der Waals surface area contributed by atoms with Gasteiger partial charge in [0.25, 0.3) is 0 Å². The lowest BCUT2D eigenvalue weighted by Gasteiger charge is -2.60. The number of aryl methyl sites for hydroxylation is 2. The third-order valence-corrected chi connectivity index (χ3v) is 11.0. The van der Waals surface area contributed by atoms with Crippen molar-refractivity contribution < 1.29 is 0 Å². The monoisotopic (exact) mass is 426 g/mol. The molecule has 4 fully saturated rings. The zero-order valence-electron chi connectivity index (χ0n) is 20.5. The predicted octanol–water partition coefficient (Wildman–Crippen LogP) is 8.69. The van der Waals surface area contributed by atoms with Crippen LogP contribution in [-0.4, -0.2) is 0 Å². The summed E-state index contributed by atoms with van der Waals surface area (Å²) in [6.07, 6.45) is 13.1. The van der Waals surface area contributed by atoms with Crippen LogP contribution in [0.2, 0.25) is 0 Å². The van der Waals surface area contributed by atoms with Gasteiger partial charge in [0.05, 0.1) is 0 Å². The molecule has 8 atom stereocenters. The van der Waals surface area contributed by atoms with Crippen LogP contribution in [0.25, 0.3) is 0 Å². The average Bonchev–Trinajstić information content (AvgIpc) is 3.39. The minimum absolute atomic E-state index is 0.651. The quantitative estimate of drug-likeness (QED) is 0.460. The highest BCUT2D eigenvalue weighted by atomic mass is 14.7. The molecule has 0 bridgehead atoms. The maximum Gasteiger partial charge on any atom is -0.0154 e. The van der Waals surface area contributed by atoms with E-state index in [2.05, 4.69) is 69.3 Å². The van der Waals surface area contributed by atoms with Crippen LogP contribution in [0.15, 0.2) is 48.5 Å². The topological polar surface area (TPSA) is 0 Å². The molecule has 0 aromatic heterocycles. The fourth-order valence-electron chi connectivity index (χ4n) is 10.1. The molecule has 0 amide bonds. The number of benzene rings is 2. The molecule has 0 radical (unpaired) electrons. The van der Waals surface area contributed by atoms with E-state index in [0.29, 0.717) is 5.41 Å². The summed E-state index contributed by atoms with van der Waals surface area (Å²) in [5.74, 6) is 6.40. The average molecular weight is 427 g/mol. The van der Waals surface area contributed by atoms with Crippen LogP contribution >= 0.6 is 0 Å². The lowest BCUT2D eigenvalue weighted by atomic mass is 9.45. The van der Waals surface area contributed by atoms with Crippen LogP contribution in [-0.2, 0) is 6.42 Å². The van der Waals surface area contributed by atoms with E-state index in [9.17, 15) is 0 Å². The zero-order chi connectivity index (χ0) is 21.9. The summed E-state index contributed by atoms with van der Waals surface area (Å²) < 4.78 is 0. The third kappa shape index (κ3) is 3.00. The summed E-state index contributed by atoms with van der Waals surface area (Å²) in [7, 11) is 0. The molecule has 0 heteroatoms. The van der Waals surface area contributed by atoms with Crippen molar-refractivity contribution in [3.05, 3.63) is 70.8 Å². The Balaban J connectivity index is 1.40. The van der Waals surface area contributed by atoms with E-state index in [1.54, 1.807) is 23.1 Å². The number of hydrogen-bond acceptors (Lipinski definition) is 0. The van der Waals surface area contributed by atoms with Crippen LogP contribution in [0.3, 0.4) is 0 Å². The van der Waals surface area contributed by atoms with Crippen molar-refractivity contribution in [2.45, 2.75) is 90.4 Å². The van der Waals surface area contributed by atoms with Gasteiger partial charge in [0.15, 0.2) is 0 Å². The van der Waals surface area contributed by atoms with E-state index in [1.165, 1.54) is 56.9 Å². The van der Waals surface area contributed by atoms with E-state index in [0.717, 1.165) is 41.4 Å². The molecule has 4 saturated carbocycles. The Morgan fingerprint density at radius 3 is 2.19 bits per heavy atom. The van der Waals surface area contributed by atoms with Gasteiger partial charge in [0.2, 0.25) is 0 Å². The van der Waals surface area contributed by atoms with Crippen LogP contribution in [0.4, 0.5) is 0 Å². The molecule has 0 heterocycles. The standard InChI is InChI=1S/C32H42/c1-4-23-11-6-8-14-30(23)25-16-22(3)32-27(17-24-12-9-15-31(24)32)19-26(20-28(32)18-25)29-13-7-5-10-21(29)2/h5-8,10-11,13-14,22,24-28,31H,4,9,12,15-20H2,1-3H3/t22-,24?,25?,26?,27+,28-,31?,32+/m0/s1. The highest BCUT2D eigenvalue weighted by molar-refractivity contribution is 5.34. The normalized spacial score (nSPS) is 40.5. The molecule has 1 spiro atoms. The number of fused-ring (bicyclic) bond motifs is 1. The van der Waals surface area contributed by atoms with Crippen molar-refractivity contribution >= 4 is 0 Å². The second-order valence-corrected chi connectivity index (χ2v) is 12.1. The summed E-state index contributed by atoms with van der Waals surface area (Å²) >= 11 is 0. The van der Waals surface area contributed by atoms with E-state index in [1.807, 2.05) is 0 Å². The van der Waals surface area contributed by atoms with Gasteiger partial charge in [-0.2, -0.15) is 0 Å². The molecule has 32 heavy (non-hydrogen) atoms. The predicted molar refractivity (Wildman–Crippen MR) is 135 cm³/mol. The van der Waals surface area contributed by atoms with Gasteiger partial charge < -0.3 is 0 Å². The fraction of sp³-hybridized carbons (Fsp3) is 0.625. The minimum atomic E-state index is 0.651. The van der Waals surface area contributed by atoms with Gasteiger partial charge in [-0.3, -0.25) is 0 Å². The van der Waals surface area contributed by atoms with Gasteiger partial charge in [-0.05, 0) is 121 Å². The van der Waals surface area contributed by atoms with Crippen molar-refractivity contribution in [3.8, 4) is 0 Å². The molecule has 2 aromatic carbocycles. The van der Waals surface area contributed by atoms with Crippen molar-refractivity contribution in [1.82, 2.24) is 0 Å². The highest BCUT2D eigenvalue weighted by Crippen LogP contribution is 2.73. The number of rotatable bonds is 3. The third-order valence-electron chi connectivity index (χ3n) is 11.0. The highest BCUT2D eigenvalue weighted by Gasteiger charge is 2.65. The SMILES string of the molecule is CCc1ccccc1C1C[C@H]2CC(c3ccccc3C)C[C@H]3CC4CCCC4[C@@]23[C@@H](C)C1. The second-order valence-electron chi connectivity index (χ2n) is 12.1. The largest absolute Gasteiger partial charge is 0.0620 e. The molecule has 6 rings (SSSR count). The van der Waals surface area contributed by atoms with Crippen LogP contribution in [0.1, 0.15) is 99.3 Å². The van der Waals surface area contributed by atoms with Crippen LogP contribution in [0.5, 0.6) is 0 Å². The summed E-state index contributed by atoms with van der Waals surface area (Å²) in [5, 5.41) is 0. The van der Waals surface area contributed by atoms with Gasteiger partial charge >= 0.3 is 0 Å². The summed E-state index contributed by atoms with van der Waals surface area (Å²) in [4.78, 5) is 0. The Morgan fingerprint density at radius 1 is 0.781 bits per heavy atom.